The van der Waals surface area contributed by atoms with Crippen molar-refractivity contribution in [2.75, 3.05) is 0 Å². The minimum atomic E-state index is -3.60. The van der Waals surface area contributed by atoms with Crippen LogP contribution >= 0.6 is 0 Å². The van der Waals surface area contributed by atoms with E-state index in [-0.39, 0.29) is 18.7 Å². The molecule has 0 aliphatic heterocycles. The van der Waals surface area contributed by atoms with Crippen molar-refractivity contribution in [3.8, 4) is 11.8 Å². The SMILES string of the molecule is CCC(C#N)S(=O)(=O)NCc1ccc(O)cc1. The van der Waals surface area contributed by atoms with Crippen molar-refractivity contribution in [3.05, 3.63) is 29.8 Å². The van der Waals surface area contributed by atoms with Gasteiger partial charge in [-0.05, 0) is 24.1 Å². The van der Waals surface area contributed by atoms with Gasteiger partial charge >= 0.3 is 0 Å². The molecule has 1 aromatic rings. The molecule has 0 radical (unpaired) electrons. The Hall–Kier alpha value is -1.58. The molecule has 0 saturated carbocycles. The maximum absolute atomic E-state index is 11.7. The first-order valence-corrected chi connectivity index (χ1v) is 6.70. The molecule has 0 fully saturated rings. The molecule has 0 amide bonds. The molecule has 2 N–H and O–H groups in total. The molecular formula is C11H14N2O3S. The molecule has 92 valence electrons. The van der Waals surface area contributed by atoms with Gasteiger partial charge in [-0.3, -0.25) is 0 Å². The maximum Gasteiger partial charge on any atom is 0.228 e. The zero-order chi connectivity index (χ0) is 12.9. The fraction of sp³-hybridized carbons (Fsp3) is 0.364. The van der Waals surface area contributed by atoms with Crippen LogP contribution in [0.15, 0.2) is 24.3 Å². The lowest BCUT2D eigenvalue weighted by atomic mass is 10.2. The Kier molecular flexibility index (Phi) is 4.49. The number of hydrogen-bond donors (Lipinski definition) is 2. The molecule has 6 heteroatoms. The van der Waals surface area contributed by atoms with Crippen LogP contribution in [-0.4, -0.2) is 18.8 Å². The van der Waals surface area contributed by atoms with Gasteiger partial charge in [0.2, 0.25) is 10.0 Å². The second-order valence-corrected chi connectivity index (χ2v) is 5.51. The van der Waals surface area contributed by atoms with Crippen LogP contribution < -0.4 is 4.72 Å². The topological polar surface area (TPSA) is 90.2 Å². The average molecular weight is 254 g/mol. The summed E-state index contributed by atoms with van der Waals surface area (Å²) in [5, 5.41) is 16.7. The van der Waals surface area contributed by atoms with Crippen molar-refractivity contribution in [3.63, 3.8) is 0 Å². The van der Waals surface area contributed by atoms with Crippen molar-refractivity contribution in [1.82, 2.24) is 4.72 Å². The summed E-state index contributed by atoms with van der Waals surface area (Å²) in [5.74, 6) is 0.125. The minimum Gasteiger partial charge on any atom is -0.508 e. The van der Waals surface area contributed by atoms with Gasteiger partial charge in [0.15, 0.2) is 5.25 Å². The molecule has 1 rings (SSSR count). The van der Waals surface area contributed by atoms with Gasteiger partial charge in [0.05, 0.1) is 6.07 Å². The number of sulfonamides is 1. The van der Waals surface area contributed by atoms with Gasteiger partial charge < -0.3 is 5.11 Å². The zero-order valence-corrected chi connectivity index (χ0v) is 10.2. The zero-order valence-electron chi connectivity index (χ0n) is 9.42. The van der Waals surface area contributed by atoms with Gasteiger partial charge in [-0.2, -0.15) is 5.26 Å². The summed E-state index contributed by atoms with van der Waals surface area (Å²) in [7, 11) is -3.60. The fourth-order valence-corrected chi connectivity index (χ4v) is 2.43. The lowest BCUT2D eigenvalue weighted by Crippen LogP contribution is -2.32. The predicted octanol–water partition coefficient (Wildman–Crippen LogP) is 1.11. The summed E-state index contributed by atoms with van der Waals surface area (Å²) in [5.41, 5.74) is 0.721. The molecule has 0 aromatic heterocycles. The lowest BCUT2D eigenvalue weighted by Gasteiger charge is -2.09. The van der Waals surface area contributed by atoms with E-state index in [2.05, 4.69) is 4.72 Å². The Labute approximate surface area is 101 Å². The van der Waals surface area contributed by atoms with E-state index < -0.39 is 15.3 Å². The Balaban J connectivity index is 2.68. The van der Waals surface area contributed by atoms with E-state index in [4.69, 9.17) is 10.4 Å². The molecule has 0 saturated heterocycles. The molecule has 1 atom stereocenters. The summed E-state index contributed by atoms with van der Waals surface area (Å²) < 4.78 is 25.7. The van der Waals surface area contributed by atoms with Gasteiger partial charge in [0, 0.05) is 6.54 Å². The highest BCUT2D eigenvalue weighted by molar-refractivity contribution is 7.90. The molecule has 0 heterocycles. The third kappa shape index (κ3) is 3.73. The highest BCUT2D eigenvalue weighted by Crippen LogP contribution is 2.10. The van der Waals surface area contributed by atoms with Crippen LogP contribution in [0.4, 0.5) is 0 Å². The van der Waals surface area contributed by atoms with Crippen LogP contribution in [0, 0.1) is 11.3 Å². The number of nitrogens with one attached hydrogen (secondary N) is 1. The first-order valence-electron chi connectivity index (χ1n) is 5.15. The summed E-state index contributed by atoms with van der Waals surface area (Å²) in [6.45, 7) is 1.76. The highest BCUT2D eigenvalue weighted by atomic mass is 32.2. The maximum atomic E-state index is 11.7. The number of nitriles is 1. The van der Waals surface area contributed by atoms with Crippen LogP contribution in [0.1, 0.15) is 18.9 Å². The monoisotopic (exact) mass is 254 g/mol. The van der Waals surface area contributed by atoms with Crippen molar-refractivity contribution in [1.29, 1.82) is 5.26 Å². The Morgan fingerprint density at radius 1 is 1.41 bits per heavy atom. The fourth-order valence-electron chi connectivity index (χ4n) is 1.28. The van der Waals surface area contributed by atoms with Crippen LogP contribution in [0.3, 0.4) is 0 Å². The summed E-state index contributed by atoms with van der Waals surface area (Å²) in [6, 6.07) is 7.93. The number of nitrogens with zero attached hydrogens (tertiary/aromatic N) is 1. The van der Waals surface area contributed by atoms with Gasteiger partial charge in [0.25, 0.3) is 0 Å². The molecule has 5 nitrogen and oxygen atoms in total. The van der Waals surface area contributed by atoms with E-state index in [0.717, 1.165) is 5.56 Å². The number of phenolic OH excluding ortho intramolecular Hbond substituents is 1. The molecule has 0 spiro atoms. The second kappa shape index (κ2) is 5.66. The first-order chi connectivity index (χ1) is 7.99. The van der Waals surface area contributed by atoms with Gasteiger partial charge in [0.1, 0.15) is 5.75 Å². The highest BCUT2D eigenvalue weighted by Gasteiger charge is 2.22. The minimum absolute atomic E-state index is 0.112. The smallest absolute Gasteiger partial charge is 0.228 e. The normalized spacial score (nSPS) is 12.9. The number of benzene rings is 1. The molecule has 1 unspecified atom stereocenters. The number of rotatable bonds is 5. The van der Waals surface area contributed by atoms with Gasteiger partial charge in [-0.15, -0.1) is 0 Å². The third-order valence-corrected chi connectivity index (χ3v) is 4.04. The lowest BCUT2D eigenvalue weighted by molar-refractivity contribution is 0.475. The van der Waals surface area contributed by atoms with E-state index in [9.17, 15) is 8.42 Å². The summed E-state index contributed by atoms with van der Waals surface area (Å²) >= 11 is 0. The standard InChI is InChI=1S/C11H14N2O3S/c1-2-11(7-12)17(15,16)13-8-9-3-5-10(14)6-4-9/h3-6,11,13-14H,2,8H2,1H3. The largest absolute Gasteiger partial charge is 0.508 e. The molecule has 1 aromatic carbocycles. The van der Waals surface area contributed by atoms with E-state index in [1.807, 2.05) is 0 Å². The Morgan fingerprint density at radius 2 is 2.00 bits per heavy atom. The van der Waals surface area contributed by atoms with Crippen molar-refractivity contribution in [2.45, 2.75) is 25.1 Å². The Bertz CT molecular complexity index is 503. The van der Waals surface area contributed by atoms with Crippen LogP contribution in [0.2, 0.25) is 0 Å². The Morgan fingerprint density at radius 3 is 2.47 bits per heavy atom. The van der Waals surface area contributed by atoms with E-state index in [1.165, 1.54) is 12.1 Å². The van der Waals surface area contributed by atoms with Crippen molar-refractivity contribution in [2.24, 2.45) is 0 Å². The van der Waals surface area contributed by atoms with Gasteiger partial charge in [-0.25, -0.2) is 13.1 Å². The summed E-state index contributed by atoms with van der Waals surface area (Å²) in [6.07, 6.45) is 0.251. The van der Waals surface area contributed by atoms with Crippen LogP contribution in [0.5, 0.6) is 5.75 Å². The number of phenols is 1. The van der Waals surface area contributed by atoms with E-state index in [1.54, 1.807) is 25.1 Å². The predicted molar refractivity (Wildman–Crippen MR) is 63.6 cm³/mol. The third-order valence-electron chi connectivity index (χ3n) is 2.30. The van der Waals surface area contributed by atoms with Gasteiger partial charge in [-0.1, -0.05) is 19.1 Å². The molecular weight excluding hydrogens is 240 g/mol. The van der Waals surface area contributed by atoms with Crippen LogP contribution in [-0.2, 0) is 16.6 Å². The average Bonchev–Trinajstić information content (AvgIpc) is 2.29. The van der Waals surface area contributed by atoms with Crippen LogP contribution in [0.25, 0.3) is 0 Å². The first kappa shape index (κ1) is 13.5. The molecule has 17 heavy (non-hydrogen) atoms. The molecule has 0 aliphatic carbocycles. The van der Waals surface area contributed by atoms with E-state index in [0.29, 0.717) is 0 Å². The van der Waals surface area contributed by atoms with Crippen molar-refractivity contribution < 1.29 is 13.5 Å². The van der Waals surface area contributed by atoms with Crippen molar-refractivity contribution >= 4 is 10.0 Å². The summed E-state index contributed by atoms with van der Waals surface area (Å²) in [4.78, 5) is 0. The van der Waals surface area contributed by atoms with E-state index >= 15 is 0 Å². The second-order valence-electron chi connectivity index (χ2n) is 3.56. The molecule has 0 aliphatic rings. The number of hydrogen-bond acceptors (Lipinski definition) is 4. The molecule has 0 bridgehead atoms. The quantitative estimate of drug-likeness (QED) is 0.823. The number of aromatic hydroxyl groups is 1.